The average Bonchev–Trinajstić information content (AvgIpc) is 2.21. The first-order chi connectivity index (χ1) is 6.77. The molecule has 1 aliphatic rings. The second-order valence-electron chi connectivity index (χ2n) is 4.18. The third kappa shape index (κ3) is 3.30. The predicted octanol–water partition coefficient (Wildman–Crippen LogP) is 3.38. The molecule has 0 aromatic carbocycles. The molecule has 0 spiro atoms. The summed E-state index contributed by atoms with van der Waals surface area (Å²) in [7, 11) is 2.25. The van der Waals surface area contributed by atoms with Crippen molar-refractivity contribution in [2.75, 3.05) is 13.6 Å². The fourth-order valence-electron chi connectivity index (χ4n) is 2.15. The van der Waals surface area contributed by atoms with Gasteiger partial charge < -0.3 is 0 Å². The van der Waals surface area contributed by atoms with E-state index in [-0.39, 0.29) is 0 Å². The van der Waals surface area contributed by atoms with Gasteiger partial charge in [0.1, 0.15) is 0 Å². The summed E-state index contributed by atoms with van der Waals surface area (Å²) in [5.74, 6) is 0. The summed E-state index contributed by atoms with van der Waals surface area (Å²) in [6, 6.07) is 0.752. The van der Waals surface area contributed by atoms with E-state index in [4.69, 9.17) is 0 Å². The minimum Gasteiger partial charge on any atom is -0.300 e. The summed E-state index contributed by atoms with van der Waals surface area (Å²) in [6.45, 7) is 5.70. The van der Waals surface area contributed by atoms with Crippen LogP contribution in [-0.2, 0) is 0 Å². The van der Waals surface area contributed by atoms with Crippen LogP contribution in [-0.4, -0.2) is 24.5 Å². The van der Waals surface area contributed by atoms with Crippen LogP contribution in [0.2, 0.25) is 0 Å². The van der Waals surface area contributed by atoms with Gasteiger partial charge in [0.2, 0.25) is 0 Å². The highest BCUT2D eigenvalue weighted by molar-refractivity contribution is 5.18. The Labute approximate surface area is 88.5 Å². The molecule has 0 saturated heterocycles. The van der Waals surface area contributed by atoms with E-state index in [9.17, 15) is 0 Å². The van der Waals surface area contributed by atoms with E-state index in [0.717, 1.165) is 12.6 Å². The molecular formula is C13H23N. The molecule has 0 aromatic rings. The molecule has 1 aliphatic carbocycles. The fraction of sp³-hybridized carbons (Fsp3) is 0.692. The Morgan fingerprint density at radius 2 is 2.07 bits per heavy atom. The number of hydrogen-bond acceptors (Lipinski definition) is 1. The molecule has 0 aromatic heterocycles. The molecule has 14 heavy (non-hydrogen) atoms. The maximum absolute atomic E-state index is 2.49. The first kappa shape index (κ1) is 11.5. The minimum atomic E-state index is 0.752. The lowest BCUT2D eigenvalue weighted by molar-refractivity contribution is 0.246. The summed E-state index contributed by atoms with van der Waals surface area (Å²) in [6.07, 6.45) is 11.7. The lowest BCUT2D eigenvalue weighted by Crippen LogP contribution is -2.32. The SMILES string of the molecule is CCC(CC)N(C)CC1=CC=CCC1. The van der Waals surface area contributed by atoms with Crippen LogP contribution in [0.1, 0.15) is 39.5 Å². The van der Waals surface area contributed by atoms with Gasteiger partial charge in [0, 0.05) is 12.6 Å². The summed E-state index contributed by atoms with van der Waals surface area (Å²) < 4.78 is 0. The highest BCUT2D eigenvalue weighted by Crippen LogP contribution is 2.15. The van der Waals surface area contributed by atoms with Crippen molar-refractivity contribution in [3.05, 3.63) is 23.8 Å². The lowest BCUT2D eigenvalue weighted by atomic mass is 10.0. The van der Waals surface area contributed by atoms with Gasteiger partial charge >= 0.3 is 0 Å². The van der Waals surface area contributed by atoms with E-state index in [1.165, 1.54) is 25.7 Å². The molecule has 0 saturated carbocycles. The Morgan fingerprint density at radius 1 is 1.36 bits per heavy atom. The van der Waals surface area contributed by atoms with Gasteiger partial charge in [0.25, 0.3) is 0 Å². The molecule has 1 nitrogen and oxygen atoms in total. The molecule has 0 unspecified atom stereocenters. The van der Waals surface area contributed by atoms with Crippen molar-refractivity contribution in [3.8, 4) is 0 Å². The maximum atomic E-state index is 2.49. The molecule has 0 aliphatic heterocycles. The Morgan fingerprint density at radius 3 is 2.57 bits per heavy atom. The Bertz CT molecular complexity index is 211. The van der Waals surface area contributed by atoms with Gasteiger partial charge in [-0.3, -0.25) is 4.90 Å². The van der Waals surface area contributed by atoms with Gasteiger partial charge in [0.15, 0.2) is 0 Å². The first-order valence-electron chi connectivity index (χ1n) is 5.82. The van der Waals surface area contributed by atoms with Crippen molar-refractivity contribution in [1.29, 1.82) is 0 Å². The maximum Gasteiger partial charge on any atom is 0.0195 e. The van der Waals surface area contributed by atoms with Crippen LogP contribution in [0.3, 0.4) is 0 Å². The number of allylic oxidation sites excluding steroid dienone is 3. The summed E-state index contributed by atoms with van der Waals surface area (Å²) >= 11 is 0. The van der Waals surface area contributed by atoms with Crippen LogP contribution in [0.25, 0.3) is 0 Å². The smallest absolute Gasteiger partial charge is 0.0195 e. The second kappa shape index (κ2) is 6.02. The summed E-state index contributed by atoms with van der Waals surface area (Å²) in [5.41, 5.74) is 1.59. The lowest BCUT2D eigenvalue weighted by Gasteiger charge is -2.27. The number of nitrogens with zero attached hydrogens (tertiary/aromatic N) is 1. The van der Waals surface area contributed by atoms with Crippen LogP contribution in [0.5, 0.6) is 0 Å². The average molecular weight is 193 g/mol. The normalized spacial score (nSPS) is 16.5. The van der Waals surface area contributed by atoms with Crippen LogP contribution in [0.15, 0.2) is 23.8 Å². The number of likely N-dealkylation sites (N-methyl/N-ethyl adjacent to an activating group) is 1. The highest BCUT2D eigenvalue weighted by atomic mass is 15.1. The molecular weight excluding hydrogens is 170 g/mol. The molecule has 1 rings (SSSR count). The molecule has 0 radical (unpaired) electrons. The minimum absolute atomic E-state index is 0.752. The standard InChI is InChI=1S/C13H23N/c1-4-13(5-2)14(3)11-12-9-7-6-8-10-12/h6-7,9,13H,4-5,8,10-11H2,1-3H3. The summed E-state index contributed by atoms with van der Waals surface area (Å²) in [5, 5.41) is 0. The Hall–Kier alpha value is -0.560. The van der Waals surface area contributed by atoms with E-state index in [1.54, 1.807) is 5.57 Å². The fourth-order valence-corrected chi connectivity index (χ4v) is 2.15. The van der Waals surface area contributed by atoms with Crippen molar-refractivity contribution in [2.45, 2.75) is 45.6 Å². The molecule has 0 N–H and O–H groups in total. The van der Waals surface area contributed by atoms with Crippen molar-refractivity contribution < 1.29 is 0 Å². The Balaban J connectivity index is 2.42. The largest absolute Gasteiger partial charge is 0.300 e. The van der Waals surface area contributed by atoms with E-state index in [1.807, 2.05) is 0 Å². The van der Waals surface area contributed by atoms with E-state index < -0.39 is 0 Å². The molecule has 1 heteroatoms. The zero-order valence-electron chi connectivity index (χ0n) is 9.79. The molecule has 0 heterocycles. The van der Waals surface area contributed by atoms with Gasteiger partial charge in [-0.2, -0.15) is 0 Å². The van der Waals surface area contributed by atoms with Crippen LogP contribution < -0.4 is 0 Å². The third-order valence-corrected chi connectivity index (χ3v) is 3.12. The third-order valence-electron chi connectivity index (χ3n) is 3.12. The van der Waals surface area contributed by atoms with Gasteiger partial charge in [-0.25, -0.2) is 0 Å². The number of hydrogen-bond donors (Lipinski definition) is 0. The van der Waals surface area contributed by atoms with Crippen LogP contribution in [0, 0.1) is 0 Å². The van der Waals surface area contributed by atoms with Crippen molar-refractivity contribution in [1.82, 2.24) is 4.90 Å². The topological polar surface area (TPSA) is 3.24 Å². The zero-order chi connectivity index (χ0) is 10.4. The molecule has 0 amide bonds. The highest BCUT2D eigenvalue weighted by Gasteiger charge is 2.11. The molecule has 0 bridgehead atoms. The van der Waals surface area contributed by atoms with E-state index in [2.05, 4.69) is 44.0 Å². The van der Waals surface area contributed by atoms with E-state index >= 15 is 0 Å². The van der Waals surface area contributed by atoms with Crippen molar-refractivity contribution >= 4 is 0 Å². The van der Waals surface area contributed by atoms with Crippen molar-refractivity contribution in [2.24, 2.45) is 0 Å². The first-order valence-corrected chi connectivity index (χ1v) is 5.82. The zero-order valence-corrected chi connectivity index (χ0v) is 9.79. The Kier molecular flexibility index (Phi) is 4.95. The van der Waals surface area contributed by atoms with Gasteiger partial charge in [-0.15, -0.1) is 0 Å². The molecule has 0 atom stereocenters. The van der Waals surface area contributed by atoms with Gasteiger partial charge in [-0.05, 0) is 32.7 Å². The monoisotopic (exact) mass is 193 g/mol. The van der Waals surface area contributed by atoms with Crippen LogP contribution in [0.4, 0.5) is 0 Å². The molecule has 80 valence electrons. The summed E-state index contributed by atoms with van der Waals surface area (Å²) in [4.78, 5) is 2.49. The van der Waals surface area contributed by atoms with Crippen LogP contribution >= 0.6 is 0 Å². The van der Waals surface area contributed by atoms with Gasteiger partial charge in [0.05, 0.1) is 0 Å². The number of rotatable bonds is 5. The van der Waals surface area contributed by atoms with Crippen molar-refractivity contribution in [3.63, 3.8) is 0 Å². The predicted molar refractivity (Wildman–Crippen MR) is 63.5 cm³/mol. The van der Waals surface area contributed by atoms with Gasteiger partial charge in [-0.1, -0.05) is 37.6 Å². The second-order valence-corrected chi connectivity index (χ2v) is 4.18. The molecule has 0 fully saturated rings. The van der Waals surface area contributed by atoms with E-state index in [0.29, 0.717) is 0 Å². The quantitative estimate of drug-likeness (QED) is 0.647.